The fourth-order valence-electron chi connectivity index (χ4n) is 5.84. The minimum absolute atomic E-state index is 0.182. The minimum atomic E-state index is -0.182. The first kappa shape index (κ1) is 23.6. The average Bonchev–Trinajstić information content (AvgIpc) is 2.80. The standard InChI is InChI=1S/C29H39N3O/c1-32(17-5-8-26-19-24-6-4-7-25(18-24)20-26)21-23-13-11-22(12-14-23)15-16-29(33)31-28-10-3-2-9-27(28)30/h2-3,9-16,24-26H,4-8,17-21,30H2,1H3,(H,31,33)/b16-15+. The van der Waals surface area contributed by atoms with Gasteiger partial charge < -0.3 is 16.0 Å². The molecule has 2 aliphatic carbocycles. The summed E-state index contributed by atoms with van der Waals surface area (Å²) in [5, 5.41) is 2.81. The lowest BCUT2D eigenvalue weighted by molar-refractivity contribution is -0.111. The number of rotatable bonds is 9. The summed E-state index contributed by atoms with van der Waals surface area (Å²) < 4.78 is 0. The van der Waals surface area contributed by atoms with Crippen LogP contribution >= 0.6 is 0 Å². The van der Waals surface area contributed by atoms with Crippen molar-refractivity contribution in [2.45, 2.75) is 57.9 Å². The maximum Gasteiger partial charge on any atom is 0.248 e. The number of hydrogen-bond acceptors (Lipinski definition) is 3. The maximum absolute atomic E-state index is 12.2. The van der Waals surface area contributed by atoms with Gasteiger partial charge in [-0.15, -0.1) is 0 Å². The molecule has 33 heavy (non-hydrogen) atoms. The minimum Gasteiger partial charge on any atom is -0.397 e. The van der Waals surface area contributed by atoms with Crippen LogP contribution in [0.2, 0.25) is 0 Å². The summed E-state index contributed by atoms with van der Waals surface area (Å²) in [6, 6.07) is 15.7. The van der Waals surface area contributed by atoms with Gasteiger partial charge in [-0.2, -0.15) is 0 Å². The van der Waals surface area contributed by atoms with Crippen LogP contribution in [0.5, 0.6) is 0 Å². The molecule has 4 rings (SSSR count). The van der Waals surface area contributed by atoms with E-state index in [1.807, 2.05) is 18.2 Å². The van der Waals surface area contributed by atoms with Gasteiger partial charge in [-0.25, -0.2) is 0 Å². The van der Waals surface area contributed by atoms with E-state index < -0.39 is 0 Å². The third-order valence-corrected chi connectivity index (χ3v) is 7.45. The molecule has 2 fully saturated rings. The highest BCUT2D eigenvalue weighted by Crippen LogP contribution is 2.43. The Morgan fingerprint density at radius 2 is 1.79 bits per heavy atom. The normalized spacial score (nSPS) is 22.5. The van der Waals surface area contributed by atoms with Gasteiger partial charge in [-0.3, -0.25) is 4.79 Å². The van der Waals surface area contributed by atoms with Crippen molar-refractivity contribution in [3.05, 3.63) is 65.7 Å². The second-order valence-electron chi connectivity index (χ2n) is 10.3. The summed E-state index contributed by atoms with van der Waals surface area (Å²) in [6.45, 7) is 2.13. The van der Waals surface area contributed by atoms with E-state index in [0.717, 1.165) is 36.4 Å². The highest BCUT2D eigenvalue weighted by Gasteiger charge is 2.31. The van der Waals surface area contributed by atoms with Gasteiger partial charge >= 0.3 is 0 Å². The molecule has 0 aliphatic heterocycles. The van der Waals surface area contributed by atoms with Crippen molar-refractivity contribution in [2.75, 3.05) is 24.6 Å². The molecule has 2 aliphatic rings. The topological polar surface area (TPSA) is 58.4 Å². The van der Waals surface area contributed by atoms with Crippen molar-refractivity contribution in [1.82, 2.24) is 4.90 Å². The van der Waals surface area contributed by atoms with Gasteiger partial charge in [-0.1, -0.05) is 55.7 Å². The van der Waals surface area contributed by atoms with E-state index in [4.69, 9.17) is 5.73 Å². The lowest BCUT2D eigenvalue weighted by atomic mass is 9.67. The molecule has 0 radical (unpaired) electrons. The van der Waals surface area contributed by atoms with Crippen LogP contribution in [0.25, 0.3) is 6.08 Å². The summed E-state index contributed by atoms with van der Waals surface area (Å²) in [4.78, 5) is 14.6. The van der Waals surface area contributed by atoms with Crippen LogP contribution in [0.15, 0.2) is 54.6 Å². The summed E-state index contributed by atoms with van der Waals surface area (Å²) in [7, 11) is 2.23. The van der Waals surface area contributed by atoms with Crippen molar-refractivity contribution < 1.29 is 4.79 Å². The number of fused-ring (bicyclic) bond motifs is 2. The lowest BCUT2D eigenvalue weighted by Crippen LogP contribution is -2.27. The Kier molecular flexibility index (Phi) is 8.22. The zero-order chi connectivity index (χ0) is 23.0. The summed E-state index contributed by atoms with van der Waals surface area (Å²) in [6.07, 6.45) is 15.1. The van der Waals surface area contributed by atoms with Gasteiger partial charge in [-0.05, 0) is 92.8 Å². The van der Waals surface area contributed by atoms with Gasteiger partial charge in [0.05, 0.1) is 11.4 Å². The van der Waals surface area contributed by atoms with Gasteiger partial charge in [0.1, 0.15) is 0 Å². The van der Waals surface area contributed by atoms with E-state index in [-0.39, 0.29) is 5.91 Å². The molecular formula is C29H39N3O. The molecule has 2 unspecified atom stereocenters. The Bertz CT molecular complexity index is 924. The van der Waals surface area contributed by atoms with Crippen LogP contribution in [0.1, 0.15) is 62.5 Å². The first-order valence-electron chi connectivity index (χ1n) is 12.7. The highest BCUT2D eigenvalue weighted by atomic mass is 16.1. The number of nitrogens with two attached hydrogens (primary N) is 1. The summed E-state index contributed by atoms with van der Waals surface area (Å²) in [5.74, 6) is 2.87. The SMILES string of the molecule is CN(CCCC1CC2CCCC(C2)C1)Cc1ccc(/C=C/C(=O)Nc2ccccc2N)cc1. The Morgan fingerprint density at radius 3 is 2.52 bits per heavy atom. The van der Waals surface area contributed by atoms with E-state index >= 15 is 0 Å². The molecule has 3 N–H and O–H groups in total. The predicted octanol–water partition coefficient (Wildman–Crippen LogP) is 6.35. The van der Waals surface area contributed by atoms with Gasteiger partial charge in [0.25, 0.3) is 0 Å². The van der Waals surface area contributed by atoms with Crippen LogP contribution in [0, 0.1) is 17.8 Å². The van der Waals surface area contributed by atoms with Crippen LogP contribution in [-0.4, -0.2) is 24.4 Å². The summed E-state index contributed by atoms with van der Waals surface area (Å²) >= 11 is 0. The molecule has 0 spiro atoms. The third-order valence-electron chi connectivity index (χ3n) is 7.45. The number of anilines is 2. The van der Waals surface area contributed by atoms with E-state index in [1.54, 1.807) is 18.2 Å². The molecule has 4 heteroatoms. The van der Waals surface area contributed by atoms with Gasteiger partial charge in [0.2, 0.25) is 5.91 Å². The molecule has 0 saturated heterocycles. The first-order valence-corrected chi connectivity index (χ1v) is 12.7. The first-order chi connectivity index (χ1) is 16.0. The van der Waals surface area contributed by atoms with Crippen LogP contribution < -0.4 is 11.1 Å². The molecule has 0 heterocycles. The Balaban J connectivity index is 1.17. The molecular weight excluding hydrogens is 406 g/mol. The fourth-order valence-corrected chi connectivity index (χ4v) is 5.84. The van der Waals surface area contributed by atoms with Crippen molar-refractivity contribution >= 4 is 23.4 Å². The van der Waals surface area contributed by atoms with Crippen molar-refractivity contribution in [2.24, 2.45) is 17.8 Å². The van der Waals surface area contributed by atoms with Gasteiger partial charge in [0.15, 0.2) is 0 Å². The second-order valence-corrected chi connectivity index (χ2v) is 10.3. The van der Waals surface area contributed by atoms with Crippen LogP contribution in [0.4, 0.5) is 11.4 Å². The molecule has 2 bridgehead atoms. The molecule has 176 valence electrons. The van der Waals surface area contributed by atoms with E-state index in [1.165, 1.54) is 56.9 Å². The van der Waals surface area contributed by atoms with E-state index in [9.17, 15) is 4.79 Å². The van der Waals surface area contributed by atoms with Crippen molar-refractivity contribution in [3.8, 4) is 0 Å². The Morgan fingerprint density at radius 1 is 1.06 bits per heavy atom. The number of amides is 1. The van der Waals surface area contributed by atoms with Crippen LogP contribution in [0.3, 0.4) is 0 Å². The summed E-state index contributed by atoms with van der Waals surface area (Å²) in [5.41, 5.74) is 9.40. The lowest BCUT2D eigenvalue weighted by Gasteiger charge is -2.39. The smallest absolute Gasteiger partial charge is 0.248 e. The van der Waals surface area contributed by atoms with E-state index in [0.29, 0.717) is 11.4 Å². The molecule has 4 nitrogen and oxygen atoms in total. The predicted molar refractivity (Wildman–Crippen MR) is 139 cm³/mol. The van der Waals surface area contributed by atoms with Crippen molar-refractivity contribution in [3.63, 3.8) is 0 Å². The van der Waals surface area contributed by atoms with Crippen LogP contribution in [-0.2, 0) is 11.3 Å². The van der Waals surface area contributed by atoms with Crippen molar-refractivity contribution in [1.29, 1.82) is 0 Å². The maximum atomic E-state index is 12.2. The average molecular weight is 446 g/mol. The van der Waals surface area contributed by atoms with E-state index in [2.05, 4.69) is 41.5 Å². The Hall–Kier alpha value is -2.59. The number of carbonyl (C=O) groups excluding carboxylic acids is 1. The number of carbonyl (C=O) groups is 1. The zero-order valence-corrected chi connectivity index (χ0v) is 20.0. The number of para-hydroxylation sites is 2. The molecule has 0 aromatic heterocycles. The largest absolute Gasteiger partial charge is 0.397 e. The Labute approximate surface area is 199 Å². The quantitative estimate of drug-likeness (QED) is 0.349. The number of hydrogen-bond donors (Lipinski definition) is 2. The monoisotopic (exact) mass is 445 g/mol. The molecule has 2 aromatic carbocycles. The fraction of sp³-hybridized carbons (Fsp3) is 0.483. The zero-order valence-electron chi connectivity index (χ0n) is 20.0. The number of nitrogen functional groups attached to an aromatic ring is 1. The molecule has 2 atom stereocenters. The second kappa shape index (κ2) is 11.5. The molecule has 2 saturated carbocycles. The number of nitrogens with zero attached hydrogens (tertiary/aromatic N) is 1. The molecule has 1 amide bonds. The van der Waals surface area contributed by atoms with Gasteiger partial charge in [0, 0.05) is 12.6 Å². The number of benzene rings is 2. The third kappa shape index (κ3) is 7.20. The molecule has 2 aromatic rings. The number of nitrogens with one attached hydrogen (secondary N) is 1. The highest BCUT2D eigenvalue weighted by molar-refractivity contribution is 6.03.